The standard InChI is InChI=1S/C9H20N2O/c1-4-5-8(6-10)11-9(12)7(2)3/h7-8H,4-6,10H2,1-3H3,(H,11,12). The molecule has 0 fully saturated rings. The van der Waals surface area contributed by atoms with E-state index in [1.807, 2.05) is 13.8 Å². The SMILES string of the molecule is CCCC(CN)NC(=O)C(C)C. The molecule has 1 atom stereocenters. The van der Waals surface area contributed by atoms with Crippen LogP contribution in [0.5, 0.6) is 0 Å². The molecule has 3 N–H and O–H groups in total. The van der Waals surface area contributed by atoms with E-state index in [1.165, 1.54) is 0 Å². The van der Waals surface area contributed by atoms with Crippen molar-refractivity contribution in [3.8, 4) is 0 Å². The lowest BCUT2D eigenvalue weighted by Gasteiger charge is -2.17. The maximum Gasteiger partial charge on any atom is 0.222 e. The summed E-state index contributed by atoms with van der Waals surface area (Å²) in [5.41, 5.74) is 5.49. The second-order valence-corrected chi connectivity index (χ2v) is 3.38. The Kier molecular flexibility index (Phi) is 5.72. The van der Waals surface area contributed by atoms with Gasteiger partial charge >= 0.3 is 0 Å². The Morgan fingerprint density at radius 3 is 2.42 bits per heavy atom. The van der Waals surface area contributed by atoms with Gasteiger partial charge in [0.25, 0.3) is 0 Å². The fourth-order valence-electron chi connectivity index (χ4n) is 0.965. The number of hydrogen-bond donors (Lipinski definition) is 2. The van der Waals surface area contributed by atoms with Crippen molar-refractivity contribution >= 4 is 5.91 Å². The van der Waals surface area contributed by atoms with Gasteiger partial charge in [0.2, 0.25) is 5.91 Å². The van der Waals surface area contributed by atoms with Gasteiger partial charge in [-0.1, -0.05) is 27.2 Å². The third-order valence-corrected chi connectivity index (χ3v) is 1.79. The summed E-state index contributed by atoms with van der Waals surface area (Å²) in [4.78, 5) is 11.2. The van der Waals surface area contributed by atoms with Gasteiger partial charge in [0.15, 0.2) is 0 Å². The van der Waals surface area contributed by atoms with Crippen LogP contribution in [0.15, 0.2) is 0 Å². The van der Waals surface area contributed by atoms with Crippen LogP contribution < -0.4 is 11.1 Å². The fourth-order valence-corrected chi connectivity index (χ4v) is 0.965. The molecule has 0 aliphatic carbocycles. The molecule has 1 amide bonds. The third-order valence-electron chi connectivity index (χ3n) is 1.79. The minimum Gasteiger partial charge on any atom is -0.352 e. The van der Waals surface area contributed by atoms with Crippen molar-refractivity contribution in [2.24, 2.45) is 11.7 Å². The maximum absolute atomic E-state index is 11.2. The van der Waals surface area contributed by atoms with Gasteiger partial charge in [-0.2, -0.15) is 0 Å². The Labute approximate surface area is 74.7 Å². The minimum atomic E-state index is 0.0518. The first kappa shape index (κ1) is 11.4. The summed E-state index contributed by atoms with van der Waals surface area (Å²) in [5.74, 6) is 0.148. The van der Waals surface area contributed by atoms with Crippen LogP contribution in [0, 0.1) is 5.92 Å². The zero-order valence-corrected chi connectivity index (χ0v) is 8.26. The highest BCUT2D eigenvalue weighted by Crippen LogP contribution is 1.97. The lowest BCUT2D eigenvalue weighted by atomic mass is 10.1. The lowest BCUT2D eigenvalue weighted by molar-refractivity contribution is -0.124. The van der Waals surface area contributed by atoms with E-state index in [4.69, 9.17) is 5.73 Å². The molecule has 0 saturated carbocycles. The van der Waals surface area contributed by atoms with Crippen LogP contribution in [0.3, 0.4) is 0 Å². The zero-order chi connectivity index (χ0) is 9.56. The van der Waals surface area contributed by atoms with Crippen LogP contribution in [0.4, 0.5) is 0 Å². The van der Waals surface area contributed by atoms with Gasteiger partial charge in [0, 0.05) is 18.5 Å². The average molecular weight is 172 g/mol. The van der Waals surface area contributed by atoms with Gasteiger partial charge in [-0.3, -0.25) is 4.79 Å². The van der Waals surface area contributed by atoms with Gasteiger partial charge in [-0.05, 0) is 6.42 Å². The summed E-state index contributed by atoms with van der Waals surface area (Å²) in [7, 11) is 0. The lowest BCUT2D eigenvalue weighted by Crippen LogP contribution is -2.41. The minimum absolute atomic E-state index is 0.0518. The Bertz CT molecular complexity index is 134. The molecule has 72 valence electrons. The van der Waals surface area contributed by atoms with Crippen LogP contribution in [0.1, 0.15) is 33.6 Å². The maximum atomic E-state index is 11.2. The summed E-state index contributed by atoms with van der Waals surface area (Å²) in [6.07, 6.45) is 2.02. The van der Waals surface area contributed by atoms with Crippen LogP contribution in [-0.4, -0.2) is 18.5 Å². The van der Waals surface area contributed by atoms with Crippen molar-refractivity contribution in [3.05, 3.63) is 0 Å². The number of hydrogen-bond acceptors (Lipinski definition) is 2. The molecule has 0 aromatic carbocycles. The van der Waals surface area contributed by atoms with E-state index in [0.29, 0.717) is 6.54 Å². The quantitative estimate of drug-likeness (QED) is 0.647. The molecule has 3 nitrogen and oxygen atoms in total. The molecule has 0 bridgehead atoms. The summed E-state index contributed by atoms with van der Waals surface area (Å²) < 4.78 is 0. The molecule has 0 radical (unpaired) electrons. The zero-order valence-electron chi connectivity index (χ0n) is 8.26. The molecule has 0 aromatic rings. The number of carbonyl (C=O) groups is 1. The van der Waals surface area contributed by atoms with E-state index < -0.39 is 0 Å². The van der Waals surface area contributed by atoms with Crippen molar-refractivity contribution in [2.45, 2.75) is 39.7 Å². The van der Waals surface area contributed by atoms with Gasteiger partial charge in [-0.25, -0.2) is 0 Å². The van der Waals surface area contributed by atoms with Gasteiger partial charge < -0.3 is 11.1 Å². The van der Waals surface area contributed by atoms with E-state index in [1.54, 1.807) is 0 Å². The van der Waals surface area contributed by atoms with Crippen LogP contribution in [0.2, 0.25) is 0 Å². The Balaban J connectivity index is 3.77. The van der Waals surface area contributed by atoms with E-state index in [0.717, 1.165) is 12.8 Å². The molecular formula is C9H20N2O. The summed E-state index contributed by atoms with van der Waals surface area (Å²) >= 11 is 0. The second-order valence-electron chi connectivity index (χ2n) is 3.38. The van der Waals surface area contributed by atoms with Crippen LogP contribution >= 0.6 is 0 Å². The first-order chi connectivity index (χ1) is 5.61. The molecule has 1 unspecified atom stereocenters. The molecule has 0 heterocycles. The van der Waals surface area contributed by atoms with Crippen LogP contribution in [-0.2, 0) is 4.79 Å². The van der Waals surface area contributed by atoms with E-state index in [9.17, 15) is 4.79 Å². The smallest absolute Gasteiger partial charge is 0.222 e. The summed E-state index contributed by atoms with van der Waals surface area (Å²) in [6.45, 7) is 6.39. The molecule has 0 saturated heterocycles. The molecule has 12 heavy (non-hydrogen) atoms. The van der Waals surface area contributed by atoms with Crippen LogP contribution in [0.25, 0.3) is 0 Å². The van der Waals surface area contributed by atoms with Crippen molar-refractivity contribution in [1.29, 1.82) is 0 Å². The normalized spacial score (nSPS) is 13.1. The van der Waals surface area contributed by atoms with E-state index >= 15 is 0 Å². The van der Waals surface area contributed by atoms with Crippen molar-refractivity contribution in [1.82, 2.24) is 5.32 Å². The number of rotatable bonds is 5. The van der Waals surface area contributed by atoms with Crippen molar-refractivity contribution in [2.75, 3.05) is 6.54 Å². The van der Waals surface area contributed by atoms with E-state index in [2.05, 4.69) is 12.2 Å². The number of nitrogens with two attached hydrogens (primary N) is 1. The van der Waals surface area contributed by atoms with Crippen molar-refractivity contribution < 1.29 is 4.79 Å². The second kappa shape index (κ2) is 6.00. The highest BCUT2D eigenvalue weighted by molar-refractivity contribution is 5.78. The van der Waals surface area contributed by atoms with Gasteiger partial charge in [-0.15, -0.1) is 0 Å². The summed E-state index contributed by atoms with van der Waals surface area (Å²) in [5, 5.41) is 2.90. The first-order valence-electron chi connectivity index (χ1n) is 4.62. The first-order valence-corrected chi connectivity index (χ1v) is 4.62. The largest absolute Gasteiger partial charge is 0.352 e. The summed E-state index contributed by atoms with van der Waals surface area (Å²) in [6, 6.07) is 0.157. The molecule has 3 heteroatoms. The molecular weight excluding hydrogens is 152 g/mol. The molecule has 0 aliphatic rings. The van der Waals surface area contributed by atoms with Gasteiger partial charge in [0.1, 0.15) is 0 Å². The average Bonchev–Trinajstić information content (AvgIpc) is 2.03. The molecule has 0 aromatic heterocycles. The molecule has 0 aliphatic heterocycles. The number of amides is 1. The van der Waals surface area contributed by atoms with E-state index in [-0.39, 0.29) is 17.9 Å². The highest BCUT2D eigenvalue weighted by atomic mass is 16.1. The predicted octanol–water partition coefficient (Wildman–Crippen LogP) is 0.886. The molecule has 0 rings (SSSR count). The topological polar surface area (TPSA) is 55.1 Å². The third kappa shape index (κ3) is 4.34. The monoisotopic (exact) mass is 172 g/mol. The predicted molar refractivity (Wildman–Crippen MR) is 50.7 cm³/mol. The van der Waals surface area contributed by atoms with Gasteiger partial charge in [0.05, 0.1) is 0 Å². The Morgan fingerprint density at radius 1 is 1.50 bits per heavy atom. The fraction of sp³-hybridized carbons (Fsp3) is 0.889. The highest BCUT2D eigenvalue weighted by Gasteiger charge is 2.11. The Morgan fingerprint density at radius 2 is 2.08 bits per heavy atom. The number of nitrogens with one attached hydrogen (secondary N) is 1. The van der Waals surface area contributed by atoms with Crippen molar-refractivity contribution in [3.63, 3.8) is 0 Å². The Hall–Kier alpha value is -0.570. The molecule has 0 spiro atoms. The number of carbonyl (C=O) groups excluding carboxylic acids is 1.